The van der Waals surface area contributed by atoms with Gasteiger partial charge >= 0.3 is 0 Å². The molecule has 1 aromatic rings. The van der Waals surface area contributed by atoms with Crippen LogP contribution in [0.4, 0.5) is 0 Å². The largest absolute Gasteiger partial charge is 0.493 e. The molecule has 0 saturated heterocycles. The maximum absolute atomic E-state index is 6.67. The van der Waals surface area contributed by atoms with E-state index in [-0.39, 0.29) is 11.5 Å². The normalized spacial score (nSPS) is 30.8. The molecule has 0 radical (unpaired) electrons. The summed E-state index contributed by atoms with van der Waals surface area (Å²) in [5.41, 5.74) is 9.64. The molecule has 1 saturated carbocycles. The van der Waals surface area contributed by atoms with Crippen molar-refractivity contribution in [2.75, 3.05) is 13.7 Å². The lowest BCUT2D eigenvalue weighted by Gasteiger charge is -2.40. The smallest absolute Gasteiger partial charge is 0.119 e. The minimum absolute atomic E-state index is 0.142. The molecule has 0 aromatic heterocycles. The van der Waals surface area contributed by atoms with Gasteiger partial charge < -0.3 is 15.2 Å². The fraction of sp³-hybridized carbons (Fsp3) is 0.684. The summed E-state index contributed by atoms with van der Waals surface area (Å²) in [5.74, 6) is 1.50. The predicted molar refractivity (Wildman–Crippen MR) is 89.1 cm³/mol. The summed E-state index contributed by atoms with van der Waals surface area (Å²) in [6, 6.07) is 6.65. The minimum Gasteiger partial charge on any atom is -0.493 e. The molecule has 0 heterocycles. The summed E-state index contributed by atoms with van der Waals surface area (Å²) in [6.07, 6.45) is 6.15. The Morgan fingerprint density at radius 1 is 1.27 bits per heavy atom. The van der Waals surface area contributed by atoms with Gasteiger partial charge in [-0.1, -0.05) is 19.9 Å². The van der Waals surface area contributed by atoms with E-state index in [1.807, 2.05) is 7.11 Å². The number of hydrogen-bond acceptors (Lipinski definition) is 3. The number of hydrogen-bond donors (Lipinski definition) is 1. The molecule has 2 aliphatic rings. The summed E-state index contributed by atoms with van der Waals surface area (Å²) in [7, 11) is 1.82. The lowest BCUT2D eigenvalue weighted by atomic mass is 9.69. The molecule has 2 aliphatic carbocycles. The van der Waals surface area contributed by atoms with Gasteiger partial charge in [0.05, 0.1) is 12.7 Å². The van der Waals surface area contributed by atoms with Crippen molar-refractivity contribution in [1.29, 1.82) is 0 Å². The van der Waals surface area contributed by atoms with E-state index in [9.17, 15) is 0 Å². The molecule has 1 unspecified atom stereocenters. The highest BCUT2D eigenvalue weighted by Crippen LogP contribution is 2.53. The summed E-state index contributed by atoms with van der Waals surface area (Å²) in [5, 5.41) is 0. The zero-order valence-corrected chi connectivity index (χ0v) is 14.1. The fourth-order valence-corrected chi connectivity index (χ4v) is 4.09. The van der Waals surface area contributed by atoms with Crippen molar-refractivity contribution in [3.05, 3.63) is 29.3 Å². The fourth-order valence-electron chi connectivity index (χ4n) is 4.09. The molecule has 0 aliphatic heterocycles. The van der Waals surface area contributed by atoms with Gasteiger partial charge in [0, 0.05) is 13.2 Å². The van der Waals surface area contributed by atoms with Gasteiger partial charge in [0.15, 0.2) is 0 Å². The van der Waals surface area contributed by atoms with Gasteiger partial charge in [0.25, 0.3) is 0 Å². The summed E-state index contributed by atoms with van der Waals surface area (Å²) >= 11 is 0. The first kappa shape index (κ1) is 15.8. The van der Waals surface area contributed by atoms with Crippen molar-refractivity contribution in [2.24, 2.45) is 17.1 Å². The average Bonchev–Trinajstić information content (AvgIpc) is 2.79. The van der Waals surface area contributed by atoms with Crippen LogP contribution in [0.25, 0.3) is 0 Å². The second kappa shape index (κ2) is 6.21. The molecule has 1 aromatic carbocycles. The SMILES string of the molecule is COC1CCC2(CC1)Cc1ccc(OCC(C)C)cc1C2N. The van der Waals surface area contributed by atoms with Crippen LogP contribution in [0.3, 0.4) is 0 Å². The Labute approximate surface area is 134 Å². The van der Waals surface area contributed by atoms with E-state index in [0.717, 1.165) is 31.6 Å². The Bertz CT molecular complexity index is 518. The highest BCUT2D eigenvalue weighted by Gasteiger charge is 2.46. The van der Waals surface area contributed by atoms with E-state index < -0.39 is 0 Å². The Hall–Kier alpha value is -1.06. The Morgan fingerprint density at radius 2 is 2.00 bits per heavy atom. The lowest BCUT2D eigenvalue weighted by molar-refractivity contribution is 0.0207. The molecule has 1 atom stereocenters. The number of rotatable bonds is 4. The Morgan fingerprint density at radius 3 is 2.64 bits per heavy atom. The first-order chi connectivity index (χ1) is 10.5. The van der Waals surface area contributed by atoms with Crippen molar-refractivity contribution in [3.63, 3.8) is 0 Å². The molecular weight excluding hydrogens is 274 g/mol. The third kappa shape index (κ3) is 2.89. The first-order valence-electron chi connectivity index (χ1n) is 8.58. The van der Waals surface area contributed by atoms with Gasteiger partial charge in [-0.05, 0) is 66.7 Å². The van der Waals surface area contributed by atoms with Crippen molar-refractivity contribution >= 4 is 0 Å². The standard InChI is InChI=1S/C19H29NO2/c1-13(2)12-22-16-5-4-14-11-19(18(20)17(14)10-16)8-6-15(21-3)7-9-19/h4-5,10,13,15,18H,6-9,11-12,20H2,1-3H3. The zero-order chi connectivity index (χ0) is 15.7. The number of fused-ring (bicyclic) bond motifs is 1. The number of nitrogens with two attached hydrogens (primary N) is 1. The number of benzene rings is 1. The van der Waals surface area contributed by atoms with Gasteiger partial charge in [0.2, 0.25) is 0 Å². The van der Waals surface area contributed by atoms with Crippen molar-refractivity contribution in [1.82, 2.24) is 0 Å². The Kier molecular flexibility index (Phi) is 4.47. The topological polar surface area (TPSA) is 44.5 Å². The van der Waals surface area contributed by atoms with E-state index in [2.05, 4.69) is 32.0 Å². The van der Waals surface area contributed by atoms with Gasteiger partial charge in [-0.2, -0.15) is 0 Å². The third-order valence-corrected chi connectivity index (χ3v) is 5.50. The molecule has 122 valence electrons. The Balaban J connectivity index is 1.75. The van der Waals surface area contributed by atoms with Gasteiger partial charge in [-0.25, -0.2) is 0 Å². The highest BCUT2D eigenvalue weighted by atomic mass is 16.5. The molecule has 1 fully saturated rings. The van der Waals surface area contributed by atoms with E-state index in [1.54, 1.807) is 0 Å². The molecule has 3 heteroatoms. The highest BCUT2D eigenvalue weighted by molar-refractivity contribution is 5.43. The van der Waals surface area contributed by atoms with Crippen LogP contribution in [0.2, 0.25) is 0 Å². The second-order valence-corrected chi connectivity index (χ2v) is 7.52. The van der Waals surface area contributed by atoms with Crippen LogP contribution >= 0.6 is 0 Å². The van der Waals surface area contributed by atoms with E-state index in [0.29, 0.717) is 12.0 Å². The quantitative estimate of drug-likeness (QED) is 0.919. The van der Waals surface area contributed by atoms with E-state index in [4.69, 9.17) is 15.2 Å². The van der Waals surface area contributed by atoms with Crippen LogP contribution in [0.1, 0.15) is 56.7 Å². The number of methoxy groups -OCH3 is 1. The van der Waals surface area contributed by atoms with Crippen molar-refractivity contribution in [2.45, 2.75) is 58.1 Å². The van der Waals surface area contributed by atoms with E-state index >= 15 is 0 Å². The maximum atomic E-state index is 6.67. The summed E-state index contributed by atoms with van der Waals surface area (Å²) < 4.78 is 11.4. The van der Waals surface area contributed by atoms with Crippen LogP contribution in [0, 0.1) is 11.3 Å². The summed E-state index contributed by atoms with van der Waals surface area (Å²) in [6.45, 7) is 5.10. The molecule has 0 amide bonds. The van der Waals surface area contributed by atoms with Crippen LogP contribution in [-0.2, 0) is 11.2 Å². The average molecular weight is 303 g/mol. The summed E-state index contributed by atoms with van der Waals surface area (Å²) in [4.78, 5) is 0. The number of ether oxygens (including phenoxy) is 2. The zero-order valence-electron chi connectivity index (χ0n) is 14.1. The molecular formula is C19H29NO2. The van der Waals surface area contributed by atoms with Crippen LogP contribution < -0.4 is 10.5 Å². The van der Waals surface area contributed by atoms with Crippen LogP contribution in [0.15, 0.2) is 18.2 Å². The molecule has 22 heavy (non-hydrogen) atoms. The molecule has 2 N–H and O–H groups in total. The van der Waals surface area contributed by atoms with Gasteiger partial charge in [0.1, 0.15) is 5.75 Å². The minimum atomic E-state index is 0.142. The molecule has 3 rings (SSSR count). The van der Waals surface area contributed by atoms with Crippen LogP contribution in [0.5, 0.6) is 5.75 Å². The maximum Gasteiger partial charge on any atom is 0.119 e. The predicted octanol–water partition coefficient (Wildman–Crippen LogP) is 3.85. The molecule has 3 nitrogen and oxygen atoms in total. The lowest BCUT2D eigenvalue weighted by Crippen LogP contribution is -2.37. The monoisotopic (exact) mass is 303 g/mol. The first-order valence-corrected chi connectivity index (χ1v) is 8.58. The van der Waals surface area contributed by atoms with Crippen molar-refractivity contribution < 1.29 is 9.47 Å². The third-order valence-electron chi connectivity index (χ3n) is 5.50. The molecule has 0 bridgehead atoms. The van der Waals surface area contributed by atoms with Gasteiger partial charge in [-0.3, -0.25) is 0 Å². The van der Waals surface area contributed by atoms with Crippen molar-refractivity contribution in [3.8, 4) is 5.75 Å². The molecule has 1 spiro atoms. The second-order valence-electron chi connectivity index (χ2n) is 7.52. The van der Waals surface area contributed by atoms with Crippen LogP contribution in [-0.4, -0.2) is 19.8 Å². The van der Waals surface area contributed by atoms with E-state index in [1.165, 1.54) is 24.0 Å². The van der Waals surface area contributed by atoms with Gasteiger partial charge in [-0.15, -0.1) is 0 Å².